The van der Waals surface area contributed by atoms with E-state index in [1.165, 1.54) is 12.4 Å². The molecule has 0 unspecified atom stereocenters. The van der Waals surface area contributed by atoms with Crippen molar-refractivity contribution in [2.75, 3.05) is 0 Å². The highest BCUT2D eigenvalue weighted by Gasteiger charge is 2.31. The lowest BCUT2D eigenvalue weighted by atomic mass is 10.1. The SMILES string of the molecule is OC(O)(c1ccccc1)c1ncccn1. The standard InChI is InChI=1S/C11H10N2O2/c14-11(15,9-5-2-1-3-6-9)10-12-7-4-8-13-10/h1-8,14-15H. The van der Waals surface area contributed by atoms with Crippen LogP contribution in [0.1, 0.15) is 11.4 Å². The largest absolute Gasteiger partial charge is 0.356 e. The fourth-order valence-corrected chi connectivity index (χ4v) is 1.28. The number of aromatic nitrogens is 2. The molecule has 2 rings (SSSR count). The fraction of sp³-hybridized carbons (Fsp3) is 0.0909. The van der Waals surface area contributed by atoms with Crippen molar-refractivity contribution in [2.24, 2.45) is 0 Å². The minimum atomic E-state index is -2.14. The Kier molecular flexibility index (Phi) is 2.45. The summed E-state index contributed by atoms with van der Waals surface area (Å²) in [6, 6.07) is 10.1. The van der Waals surface area contributed by atoms with Crippen LogP contribution in [-0.2, 0) is 5.79 Å². The highest BCUT2D eigenvalue weighted by Crippen LogP contribution is 2.22. The van der Waals surface area contributed by atoms with Crippen molar-refractivity contribution in [3.63, 3.8) is 0 Å². The van der Waals surface area contributed by atoms with Gasteiger partial charge in [0.1, 0.15) is 0 Å². The molecule has 2 aromatic rings. The Hall–Kier alpha value is -1.78. The van der Waals surface area contributed by atoms with Crippen LogP contribution in [0.2, 0.25) is 0 Å². The average molecular weight is 202 g/mol. The lowest BCUT2D eigenvalue weighted by Gasteiger charge is -2.19. The van der Waals surface area contributed by atoms with Crippen LogP contribution in [0.3, 0.4) is 0 Å². The predicted molar refractivity (Wildman–Crippen MR) is 53.7 cm³/mol. The molecule has 4 heteroatoms. The lowest BCUT2D eigenvalue weighted by Crippen LogP contribution is -2.28. The van der Waals surface area contributed by atoms with E-state index < -0.39 is 5.79 Å². The van der Waals surface area contributed by atoms with Crippen LogP contribution in [0.15, 0.2) is 48.8 Å². The van der Waals surface area contributed by atoms with E-state index in [9.17, 15) is 10.2 Å². The second-order valence-electron chi connectivity index (χ2n) is 3.11. The molecule has 0 saturated heterocycles. The first-order valence-corrected chi connectivity index (χ1v) is 4.49. The van der Waals surface area contributed by atoms with Crippen molar-refractivity contribution in [3.05, 3.63) is 60.2 Å². The van der Waals surface area contributed by atoms with Crippen molar-refractivity contribution < 1.29 is 10.2 Å². The predicted octanol–water partition coefficient (Wildman–Crippen LogP) is 0.662. The quantitative estimate of drug-likeness (QED) is 0.702. The molecule has 1 aromatic carbocycles. The maximum Gasteiger partial charge on any atom is 0.252 e. The Morgan fingerprint density at radius 3 is 2.07 bits per heavy atom. The first-order valence-electron chi connectivity index (χ1n) is 4.49. The number of aliphatic hydroxyl groups is 2. The minimum Gasteiger partial charge on any atom is -0.356 e. The highest BCUT2D eigenvalue weighted by molar-refractivity contribution is 5.25. The van der Waals surface area contributed by atoms with E-state index in [-0.39, 0.29) is 5.82 Å². The van der Waals surface area contributed by atoms with Crippen LogP contribution in [0.5, 0.6) is 0 Å². The summed E-state index contributed by atoms with van der Waals surface area (Å²) in [5, 5.41) is 19.8. The second-order valence-corrected chi connectivity index (χ2v) is 3.11. The number of benzene rings is 1. The first kappa shape index (κ1) is 9.76. The van der Waals surface area contributed by atoms with Gasteiger partial charge in [0.05, 0.1) is 0 Å². The molecular formula is C11H10N2O2. The minimum absolute atomic E-state index is 0.0313. The second kappa shape index (κ2) is 3.76. The molecule has 2 N–H and O–H groups in total. The van der Waals surface area contributed by atoms with Gasteiger partial charge in [0.15, 0.2) is 5.82 Å². The molecule has 0 amide bonds. The first-order chi connectivity index (χ1) is 7.21. The van der Waals surface area contributed by atoms with E-state index in [2.05, 4.69) is 9.97 Å². The van der Waals surface area contributed by atoms with E-state index in [4.69, 9.17) is 0 Å². The van der Waals surface area contributed by atoms with Gasteiger partial charge in [-0.25, -0.2) is 9.97 Å². The highest BCUT2D eigenvalue weighted by atomic mass is 16.5. The van der Waals surface area contributed by atoms with Gasteiger partial charge >= 0.3 is 0 Å². The third-order valence-electron chi connectivity index (χ3n) is 2.05. The van der Waals surface area contributed by atoms with E-state index in [0.717, 1.165) is 0 Å². The molecule has 0 fully saturated rings. The summed E-state index contributed by atoms with van der Waals surface area (Å²) in [6.07, 6.45) is 2.93. The molecule has 76 valence electrons. The summed E-state index contributed by atoms with van der Waals surface area (Å²) in [4.78, 5) is 7.63. The molecule has 0 spiro atoms. The van der Waals surface area contributed by atoms with E-state index in [1.54, 1.807) is 36.4 Å². The van der Waals surface area contributed by atoms with Crippen LogP contribution < -0.4 is 0 Å². The maximum absolute atomic E-state index is 9.89. The third kappa shape index (κ3) is 1.86. The molecule has 1 aromatic heterocycles. The summed E-state index contributed by atoms with van der Waals surface area (Å²) in [7, 11) is 0. The van der Waals surface area contributed by atoms with Crippen LogP contribution in [0.4, 0.5) is 0 Å². The Morgan fingerprint density at radius 1 is 0.867 bits per heavy atom. The third-order valence-corrected chi connectivity index (χ3v) is 2.05. The molecule has 0 bridgehead atoms. The van der Waals surface area contributed by atoms with Crippen LogP contribution in [0.25, 0.3) is 0 Å². The normalized spacial score (nSPS) is 11.3. The van der Waals surface area contributed by atoms with Gasteiger partial charge in [-0.05, 0) is 6.07 Å². The molecule has 4 nitrogen and oxygen atoms in total. The van der Waals surface area contributed by atoms with Crippen molar-refractivity contribution in [3.8, 4) is 0 Å². The van der Waals surface area contributed by atoms with Gasteiger partial charge in [-0.15, -0.1) is 0 Å². The summed E-state index contributed by atoms with van der Waals surface area (Å²) >= 11 is 0. The van der Waals surface area contributed by atoms with Gasteiger partial charge in [0.25, 0.3) is 5.79 Å². The fourth-order valence-electron chi connectivity index (χ4n) is 1.28. The average Bonchev–Trinajstić information content (AvgIpc) is 2.31. The van der Waals surface area contributed by atoms with Gasteiger partial charge in [0, 0.05) is 18.0 Å². The Labute approximate surface area is 86.9 Å². The van der Waals surface area contributed by atoms with E-state index in [1.807, 2.05) is 0 Å². The molecule has 0 aliphatic rings. The van der Waals surface area contributed by atoms with Gasteiger partial charge in [0.2, 0.25) is 0 Å². The zero-order valence-electron chi connectivity index (χ0n) is 7.91. The zero-order chi connectivity index (χ0) is 10.7. The van der Waals surface area contributed by atoms with Crippen molar-refractivity contribution in [1.82, 2.24) is 9.97 Å². The number of hydrogen-bond acceptors (Lipinski definition) is 4. The van der Waals surface area contributed by atoms with Crippen LogP contribution >= 0.6 is 0 Å². The van der Waals surface area contributed by atoms with Gasteiger partial charge in [-0.2, -0.15) is 0 Å². The molecule has 0 atom stereocenters. The number of hydrogen-bond donors (Lipinski definition) is 2. The molecule has 0 radical (unpaired) electrons. The molecule has 1 heterocycles. The molecule has 0 aliphatic carbocycles. The number of rotatable bonds is 2. The summed E-state index contributed by atoms with van der Waals surface area (Å²) in [5.74, 6) is -2.17. The van der Waals surface area contributed by atoms with Crippen LogP contribution in [0, 0.1) is 0 Å². The maximum atomic E-state index is 9.89. The Morgan fingerprint density at radius 2 is 1.47 bits per heavy atom. The molecule has 15 heavy (non-hydrogen) atoms. The van der Waals surface area contributed by atoms with Crippen molar-refractivity contribution in [2.45, 2.75) is 5.79 Å². The summed E-state index contributed by atoms with van der Waals surface area (Å²) in [6.45, 7) is 0. The van der Waals surface area contributed by atoms with E-state index >= 15 is 0 Å². The Bertz CT molecular complexity index is 387. The van der Waals surface area contributed by atoms with Gasteiger partial charge < -0.3 is 10.2 Å². The molecule has 0 aliphatic heterocycles. The number of nitrogens with zero attached hydrogens (tertiary/aromatic N) is 2. The lowest BCUT2D eigenvalue weighted by molar-refractivity contribution is -0.138. The van der Waals surface area contributed by atoms with Crippen molar-refractivity contribution >= 4 is 0 Å². The molecule has 0 saturated carbocycles. The van der Waals surface area contributed by atoms with Gasteiger partial charge in [-0.3, -0.25) is 0 Å². The van der Waals surface area contributed by atoms with Crippen molar-refractivity contribution in [1.29, 1.82) is 0 Å². The monoisotopic (exact) mass is 202 g/mol. The smallest absolute Gasteiger partial charge is 0.252 e. The summed E-state index contributed by atoms with van der Waals surface area (Å²) < 4.78 is 0. The summed E-state index contributed by atoms with van der Waals surface area (Å²) in [5.41, 5.74) is 0.344. The van der Waals surface area contributed by atoms with Crippen LogP contribution in [-0.4, -0.2) is 20.2 Å². The van der Waals surface area contributed by atoms with E-state index in [0.29, 0.717) is 5.56 Å². The Balaban J connectivity index is 2.44. The molecular weight excluding hydrogens is 192 g/mol. The zero-order valence-corrected chi connectivity index (χ0v) is 7.91. The van der Waals surface area contributed by atoms with Gasteiger partial charge in [-0.1, -0.05) is 30.3 Å². The topological polar surface area (TPSA) is 66.2 Å².